The number of hydrogen-bond donors (Lipinski definition) is 0. The molecule has 3 heteroatoms. The number of ether oxygens (including phenoxy) is 1. The van der Waals surface area contributed by atoms with Gasteiger partial charge in [0.2, 0.25) is 0 Å². The van der Waals surface area contributed by atoms with Crippen molar-refractivity contribution in [2.45, 2.75) is 33.1 Å². The fourth-order valence-corrected chi connectivity index (χ4v) is 1.86. The lowest BCUT2D eigenvalue weighted by Gasteiger charge is -2.01. The molecule has 1 aromatic carbocycles. The minimum absolute atomic E-state index is 0.672. The van der Waals surface area contributed by atoms with E-state index in [0.29, 0.717) is 12.3 Å². The van der Waals surface area contributed by atoms with Gasteiger partial charge in [0.05, 0.1) is 12.3 Å². The van der Waals surface area contributed by atoms with Crippen molar-refractivity contribution in [3.8, 4) is 17.6 Å². The number of aromatic nitrogens is 2. The maximum Gasteiger partial charge on any atom is 0.136 e. The third-order valence-electron chi connectivity index (χ3n) is 3.01. The average Bonchev–Trinajstić information content (AvgIpc) is 2.53. The first kappa shape index (κ1) is 15.1. The highest BCUT2D eigenvalue weighted by Gasteiger charge is 1.96. The first-order chi connectivity index (χ1) is 10.3. The monoisotopic (exact) mass is 280 g/mol. The summed E-state index contributed by atoms with van der Waals surface area (Å²) in [7, 11) is 0. The molecule has 108 valence electrons. The van der Waals surface area contributed by atoms with Gasteiger partial charge in [-0.3, -0.25) is 0 Å². The molecular formula is C18H20N2O. The SMILES string of the molecule is CCCCc1ccc(C#Cc2ccc(OCC)cc2)nn1. The summed E-state index contributed by atoms with van der Waals surface area (Å²) in [4.78, 5) is 0. The zero-order valence-corrected chi connectivity index (χ0v) is 12.6. The minimum Gasteiger partial charge on any atom is -0.494 e. The van der Waals surface area contributed by atoms with Crippen molar-refractivity contribution in [3.63, 3.8) is 0 Å². The average molecular weight is 280 g/mol. The molecule has 2 aromatic rings. The summed E-state index contributed by atoms with van der Waals surface area (Å²) < 4.78 is 5.40. The zero-order chi connectivity index (χ0) is 14.9. The van der Waals surface area contributed by atoms with Gasteiger partial charge in [0.1, 0.15) is 11.4 Å². The van der Waals surface area contributed by atoms with Gasteiger partial charge in [0.25, 0.3) is 0 Å². The summed E-state index contributed by atoms with van der Waals surface area (Å²) in [6.07, 6.45) is 3.29. The van der Waals surface area contributed by atoms with Crippen LogP contribution in [-0.2, 0) is 6.42 Å². The number of nitrogens with zero attached hydrogens (tertiary/aromatic N) is 2. The lowest BCUT2D eigenvalue weighted by atomic mass is 10.2. The van der Waals surface area contributed by atoms with Gasteiger partial charge in [-0.05, 0) is 62.1 Å². The Bertz CT molecular complexity index is 606. The van der Waals surface area contributed by atoms with Crippen LogP contribution in [-0.4, -0.2) is 16.8 Å². The molecule has 0 saturated heterocycles. The van der Waals surface area contributed by atoms with Crippen LogP contribution in [0.15, 0.2) is 36.4 Å². The molecule has 0 spiro atoms. The fourth-order valence-electron chi connectivity index (χ4n) is 1.86. The van der Waals surface area contributed by atoms with Gasteiger partial charge in [0.15, 0.2) is 0 Å². The van der Waals surface area contributed by atoms with Crippen LogP contribution in [0.4, 0.5) is 0 Å². The van der Waals surface area contributed by atoms with Gasteiger partial charge >= 0.3 is 0 Å². The van der Waals surface area contributed by atoms with Crippen LogP contribution < -0.4 is 4.74 Å². The van der Waals surface area contributed by atoms with Crippen LogP contribution in [0.3, 0.4) is 0 Å². The van der Waals surface area contributed by atoms with E-state index in [1.807, 2.05) is 43.3 Å². The van der Waals surface area contributed by atoms with E-state index in [1.54, 1.807) is 0 Å². The molecule has 2 rings (SSSR count). The summed E-state index contributed by atoms with van der Waals surface area (Å²) in [6, 6.07) is 11.7. The summed E-state index contributed by atoms with van der Waals surface area (Å²) in [5, 5.41) is 8.34. The Morgan fingerprint density at radius 2 is 1.76 bits per heavy atom. The normalized spacial score (nSPS) is 9.81. The molecule has 0 amide bonds. The Hall–Kier alpha value is -2.34. The first-order valence-corrected chi connectivity index (χ1v) is 7.39. The van der Waals surface area contributed by atoms with Crippen molar-refractivity contribution in [1.29, 1.82) is 0 Å². The summed E-state index contributed by atoms with van der Waals surface area (Å²) in [5.74, 6) is 6.98. The molecule has 0 aliphatic rings. The van der Waals surface area contributed by atoms with E-state index in [4.69, 9.17) is 4.74 Å². The molecule has 3 nitrogen and oxygen atoms in total. The van der Waals surface area contributed by atoms with Crippen LogP contribution in [0.5, 0.6) is 5.75 Å². The fraction of sp³-hybridized carbons (Fsp3) is 0.333. The molecule has 0 aliphatic heterocycles. The Balaban J connectivity index is 2.01. The van der Waals surface area contributed by atoms with Crippen molar-refractivity contribution in [3.05, 3.63) is 53.3 Å². The highest BCUT2D eigenvalue weighted by Crippen LogP contribution is 2.11. The van der Waals surface area contributed by atoms with Crippen molar-refractivity contribution in [2.75, 3.05) is 6.61 Å². The number of hydrogen-bond acceptors (Lipinski definition) is 3. The molecule has 0 bridgehead atoms. The third-order valence-corrected chi connectivity index (χ3v) is 3.01. The van der Waals surface area contributed by atoms with E-state index >= 15 is 0 Å². The second-order valence-electron chi connectivity index (χ2n) is 4.72. The second-order valence-corrected chi connectivity index (χ2v) is 4.72. The molecular weight excluding hydrogens is 260 g/mol. The molecule has 21 heavy (non-hydrogen) atoms. The Labute approximate surface area is 126 Å². The minimum atomic E-state index is 0.672. The van der Waals surface area contributed by atoms with E-state index < -0.39 is 0 Å². The van der Waals surface area contributed by atoms with Gasteiger partial charge in [0, 0.05) is 5.56 Å². The number of benzene rings is 1. The van der Waals surface area contributed by atoms with Gasteiger partial charge in [-0.2, -0.15) is 5.10 Å². The number of aryl methyl sites for hydroxylation is 1. The molecule has 1 heterocycles. The van der Waals surface area contributed by atoms with Gasteiger partial charge in [-0.1, -0.05) is 19.3 Å². The van der Waals surface area contributed by atoms with E-state index in [2.05, 4.69) is 29.0 Å². The molecule has 0 atom stereocenters. The lowest BCUT2D eigenvalue weighted by Crippen LogP contribution is -1.94. The Kier molecular flexibility index (Phi) is 5.78. The van der Waals surface area contributed by atoms with Crippen molar-refractivity contribution >= 4 is 0 Å². The topological polar surface area (TPSA) is 35.0 Å². The lowest BCUT2D eigenvalue weighted by molar-refractivity contribution is 0.340. The van der Waals surface area contributed by atoms with Crippen molar-refractivity contribution in [2.24, 2.45) is 0 Å². The van der Waals surface area contributed by atoms with Gasteiger partial charge < -0.3 is 4.74 Å². The van der Waals surface area contributed by atoms with E-state index in [0.717, 1.165) is 29.8 Å². The third kappa shape index (κ3) is 4.92. The maximum absolute atomic E-state index is 5.40. The highest BCUT2D eigenvalue weighted by atomic mass is 16.5. The molecule has 0 fully saturated rings. The summed E-state index contributed by atoms with van der Waals surface area (Å²) >= 11 is 0. The number of rotatable bonds is 5. The van der Waals surface area contributed by atoms with E-state index in [9.17, 15) is 0 Å². The molecule has 0 unspecified atom stereocenters. The Morgan fingerprint density at radius 3 is 2.38 bits per heavy atom. The van der Waals surface area contributed by atoms with Crippen molar-refractivity contribution in [1.82, 2.24) is 10.2 Å². The van der Waals surface area contributed by atoms with Gasteiger partial charge in [-0.25, -0.2) is 0 Å². The van der Waals surface area contributed by atoms with Crippen molar-refractivity contribution < 1.29 is 4.74 Å². The van der Waals surface area contributed by atoms with Crippen LogP contribution in [0.2, 0.25) is 0 Å². The number of unbranched alkanes of at least 4 members (excludes halogenated alkanes) is 1. The zero-order valence-electron chi connectivity index (χ0n) is 12.6. The van der Waals surface area contributed by atoms with E-state index in [-0.39, 0.29) is 0 Å². The molecule has 0 saturated carbocycles. The smallest absolute Gasteiger partial charge is 0.136 e. The van der Waals surface area contributed by atoms with E-state index in [1.165, 1.54) is 6.42 Å². The molecule has 0 radical (unpaired) electrons. The van der Waals surface area contributed by atoms with Crippen LogP contribution in [0.1, 0.15) is 43.6 Å². The summed E-state index contributed by atoms with van der Waals surface area (Å²) in [6.45, 7) is 4.81. The second kappa shape index (κ2) is 8.06. The largest absolute Gasteiger partial charge is 0.494 e. The predicted molar refractivity (Wildman–Crippen MR) is 84.2 cm³/mol. The maximum atomic E-state index is 5.40. The molecule has 0 aliphatic carbocycles. The highest BCUT2D eigenvalue weighted by molar-refractivity contribution is 5.42. The predicted octanol–water partition coefficient (Wildman–Crippen LogP) is 3.62. The quantitative estimate of drug-likeness (QED) is 0.785. The van der Waals surface area contributed by atoms with Gasteiger partial charge in [-0.15, -0.1) is 5.10 Å². The standard InChI is InChI=1S/C18H20N2O/c1-3-5-6-16-11-12-17(20-19-16)10-7-15-8-13-18(14-9-15)21-4-2/h8-9,11-14H,3-6H2,1-2H3. The Morgan fingerprint density at radius 1 is 0.952 bits per heavy atom. The summed E-state index contributed by atoms with van der Waals surface area (Å²) in [5.41, 5.74) is 2.67. The van der Waals surface area contributed by atoms with Crippen LogP contribution in [0.25, 0.3) is 0 Å². The molecule has 1 aromatic heterocycles. The van der Waals surface area contributed by atoms with Crippen LogP contribution >= 0.6 is 0 Å². The first-order valence-electron chi connectivity index (χ1n) is 7.39. The van der Waals surface area contributed by atoms with Crippen LogP contribution in [0, 0.1) is 11.8 Å². The molecule has 0 N–H and O–H groups in total.